The van der Waals surface area contributed by atoms with E-state index in [0.29, 0.717) is 0 Å². The second-order valence-corrected chi connectivity index (χ2v) is 4.63. The van der Waals surface area contributed by atoms with Crippen LogP contribution >= 0.6 is 11.6 Å². The lowest BCUT2D eigenvalue weighted by molar-refractivity contribution is 0.604. The van der Waals surface area contributed by atoms with Crippen LogP contribution in [-0.2, 0) is 0 Å². The summed E-state index contributed by atoms with van der Waals surface area (Å²) in [6.45, 7) is 0. The van der Waals surface area contributed by atoms with E-state index in [4.69, 9.17) is 11.6 Å². The molecule has 21 heavy (non-hydrogen) atoms. The minimum Gasteiger partial charge on any atom is -0.320 e. The summed E-state index contributed by atoms with van der Waals surface area (Å²) in [5.74, 6) is -1.26. The Morgan fingerprint density at radius 3 is 2.62 bits per heavy atom. The third-order valence-electron chi connectivity index (χ3n) is 2.75. The monoisotopic (exact) mass is 306 g/mol. The van der Waals surface area contributed by atoms with Gasteiger partial charge in [0.2, 0.25) is 5.95 Å². The molecule has 0 saturated carbocycles. The molecule has 0 atom stereocenters. The van der Waals surface area contributed by atoms with Crippen LogP contribution in [0.2, 0.25) is 5.02 Å². The van der Waals surface area contributed by atoms with Gasteiger partial charge in [-0.25, -0.2) is 13.5 Å². The topological polar surface area (TPSA) is 42.7 Å². The van der Waals surface area contributed by atoms with E-state index in [0.717, 1.165) is 17.8 Å². The molecule has 1 N–H and O–H groups in total. The molecule has 3 aromatic rings. The molecule has 0 amide bonds. The first-order valence-corrected chi connectivity index (χ1v) is 6.40. The Morgan fingerprint density at radius 2 is 1.86 bits per heavy atom. The number of nitrogens with zero attached hydrogens (tertiary/aromatic N) is 3. The van der Waals surface area contributed by atoms with Crippen molar-refractivity contribution in [3.63, 3.8) is 0 Å². The van der Waals surface area contributed by atoms with Crippen molar-refractivity contribution in [1.29, 1.82) is 0 Å². The van der Waals surface area contributed by atoms with Crippen LogP contribution in [0.4, 0.5) is 20.4 Å². The molecular formula is C14H9ClF2N4. The number of nitrogens with one attached hydrogen (secondary N) is 1. The third-order valence-corrected chi connectivity index (χ3v) is 3.03. The average molecular weight is 307 g/mol. The average Bonchev–Trinajstić information content (AvgIpc) is 2.94. The van der Waals surface area contributed by atoms with Crippen molar-refractivity contribution < 1.29 is 8.78 Å². The standard InChI is InChI=1S/C14H9ClF2N4/c15-11-6-9(16)7-12(13(11)17)19-14-18-8-21(20-14)10-4-2-1-3-5-10/h1-8H,(H,19,20). The maximum absolute atomic E-state index is 13.8. The minimum absolute atomic E-state index is 0.120. The molecule has 1 heterocycles. The van der Waals surface area contributed by atoms with E-state index >= 15 is 0 Å². The first-order valence-electron chi connectivity index (χ1n) is 6.02. The fourth-order valence-electron chi connectivity index (χ4n) is 1.79. The Kier molecular flexibility index (Phi) is 3.53. The summed E-state index contributed by atoms with van der Waals surface area (Å²) >= 11 is 5.59. The molecule has 0 aliphatic heterocycles. The van der Waals surface area contributed by atoms with Crippen molar-refractivity contribution in [3.8, 4) is 5.69 Å². The smallest absolute Gasteiger partial charge is 0.247 e. The van der Waals surface area contributed by atoms with Gasteiger partial charge in [-0.2, -0.15) is 4.98 Å². The normalized spacial score (nSPS) is 10.6. The van der Waals surface area contributed by atoms with Gasteiger partial charge in [-0.15, -0.1) is 5.10 Å². The summed E-state index contributed by atoms with van der Waals surface area (Å²) in [7, 11) is 0. The lowest BCUT2D eigenvalue weighted by atomic mass is 10.3. The molecular weight excluding hydrogens is 298 g/mol. The molecule has 2 aromatic carbocycles. The van der Waals surface area contributed by atoms with E-state index < -0.39 is 11.6 Å². The van der Waals surface area contributed by atoms with Crippen molar-refractivity contribution >= 4 is 23.2 Å². The van der Waals surface area contributed by atoms with Crippen LogP contribution in [0.15, 0.2) is 48.8 Å². The number of rotatable bonds is 3. The molecule has 0 saturated heterocycles. The summed E-state index contributed by atoms with van der Waals surface area (Å²) in [4.78, 5) is 4.00. The highest BCUT2D eigenvalue weighted by Crippen LogP contribution is 2.26. The summed E-state index contributed by atoms with van der Waals surface area (Å²) in [6.07, 6.45) is 1.47. The molecule has 0 spiro atoms. The molecule has 0 radical (unpaired) electrons. The number of aromatic nitrogens is 3. The zero-order valence-electron chi connectivity index (χ0n) is 10.6. The van der Waals surface area contributed by atoms with Gasteiger partial charge in [-0.3, -0.25) is 0 Å². The van der Waals surface area contributed by atoms with Crippen LogP contribution in [0.25, 0.3) is 5.69 Å². The number of para-hydroxylation sites is 1. The molecule has 0 aliphatic rings. The Hall–Kier alpha value is -2.47. The van der Waals surface area contributed by atoms with E-state index in [9.17, 15) is 8.78 Å². The van der Waals surface area contributed by atoms with Gasteiger partial charge in [0, 0.05) is 6.07 Å². The largest absolute Gasteiger partial charge is 0.320 e. The Morgan fingerprint density at radius 1 is 1.10 bits per heavy atom. The predicted octanol–water partition coefficient (Wildman–Crippen LogP) is 3.94. The molecule has 4 nitrogen and oxygen atoms in total. The summed E-state index contributed by atoms with van der Waals surface area (Å²) in [5.41, 5.74) is 0.682. The molecule has 0 unspecified atom stereocenters. The zero-order chi connectivity index (χ0) is 14.8. The Balaban J connectivity index is 1.89. The van der Waals surface area contributed by atoms with Crippen LogP contribution in [0.3, 0.4) is 0 Å². The number of hydrogen-bond acceptors (Lipinski definition) is 3. The second-order valence-electron chi connectivity index (χ2n) is 4.22. The predicted molar refractivity (Wildman–Crippen MR) is 76.0 cm³/mol. The van der Waals surface area contributed by atoms with E-state index in [-0.39, 0.29) is 16.7 Å². The van der Waals surface area contributed by atoms with Crippen LogP contribution in [0.5, 0.6) is 0 Å². The number of halogens is 3. The van der Waals surface area contributed by atoms with Crippen molar-refractivity contribution in [2.45, 2.75) is 0 Å². The van der Waals surface area contributed by atoms with Gasteiger partial charge in [-0.1, -0.05) is 29.8 Å². The first-order chi connectivity index (χ1) is 10.1. The fraction of sp³-hybridized carbons (Fsp3) is 0. The minimum atomic E-state index is -0.755. The van der Waals surface area contributed by atoms with E-state index in [1.165, 1.54) is 11.0 Å². The van der Waals surface area contributed by atoms with Crippen molar-refractivity contribution in [2.75, 3.05) is 5.32 Å². The number of hydrogen-bond donors (Lipinski definition) is 1. The molecule has 1 aromatic heterocycles. The quantitative estimate of drug-likeness (QED) is 0.745. The molecule has 7 heteroatoms. The lowest BCUT2D eigenvalue weighted by Gasteiger charge is -2.05. The second kappa shape index (κ2) is 5.49. The van der Waals surface area contributed by atoms with Gasteiger partial charge in [0.25, 0.3) is 0 Å². The van der Waals surface area contributed by atoms with Crippen molar-refractivity contribution in [2.24, 2.45) is 0 Å². The van der Waals surface area contributed by atoms with Gasteiger partial charge < -0.3 is 5.32 Å². The van der Waals surface area contributed by atoms with Gasteiger partial charge in [-0.05, 0) is 18.2 Å². The van der Waals surface area contributed by atoms with E-state index in [2.05, 4.69) is 15.4 Å². The van der Waals surface area contributed by atoms with E-state index in [1.54, 1.807) is 0 Å². The van der Waals surface area contributed by atoms with Crippen LogP contribution in [0, 0.1) is 11.6 Å². The van der Waals surface area contributed by atoms with Crippen LogP contribution in [0.1, 0.15) is 0 Å². The lowest BCUT2D eigenvalue weighted by Crippen LogP contribution is -1.99. The Bertz CT molecular complexity index is 774. The van der Waals surface area contributed by atoms with Crippen LogP contribution in [-0.4, -0.2) is 14.8 Å². The van der Waals surface area contributed by atoms with Gasteiger partial charge in [0.15, 0.2) is 5.82 Å². The highest BCUT2D eigenvalue weighted by molar-refractivity contribution is 6.31. The summed E-state index contributed by atoms with van der Waals surface area (Å²) in [6, 6.07) is 11.2. The number of anilines is 2. The molecule has 3 rings (SSSR count). The zero-order valence-corrected chi connectivity index (χ0v) is 11.4. The van der Waals surface area contributed by atoms with Crippen molar-refractivity contribution in [1.82, 2.24) is 14.8 Å². The Labute approximate surface area is 124 Å². The maximum atomic E-state index is 13.8. The summed E-state index contributed by atoms with van der Waals surface area (Å²) < 4.78 is 28.5. The molecule has 0 fully saturated rings. The maximum Gasteiger partial charge on any atom is 0.247 e. The molecule has 106 valence electrons. The molecule has 0 bridgehead atoms. The van der Waals surface area contributed by atoms with Crippen molar-refractivity contribution in [3.05, 3.63) is 65.4 Å². The van der Waals surface area contributed by atoms with Crippen LogP contribution < -0.4 is 5.32 Å². The summed E-state index contributed by atoms with van der Waals surface area (Å²) in [5, 5.41) is 6.43. The highest BCUT2D eigenvalue weighted by atomic mass is 35.5. The number of benzene rings is 2. The third kappa shape index (κ3) is 2.85. The van der Waals surface area contributed by atoms with Gasteiger partial charge >= 0.3 is 0 Å². The van der Waals surface area contributed by atoms with Gasteiger partial charge in [0.1, 0.15) is 12.1 Å². The van der Waals surface area contributed by atoms with E-state index in [1.807, 2.05) is 30.3 Å². The molecule has 0 aliphatic carbocycles. The first kappa shape index (κ1) is 13.5. The highest BCUT2D eigenvalue weighted by Gasteiger charge is 2.11. The van der Waals surface area contributed by atoms with Gasteiger partial charge in [0.05, 0.1) is 16.4 Å². The SMILES string of the molecule is Fc1cc(Cl)c(F)c(Nc2ncn(-c3ccccc3)n2)c1. The fourth-order valence-corrected chi connectivity index (χ4v) is 2.00.